The van der Waals surface area contributed by atoms with Crippen LogP contribution in [0.5, 0.6) is 0 Å². The van der Waals surface area contributed by atoms with Gasteiger partial charge in [-0.25, -0.2) is 13.6 Å². The van der Waals surface area contributed by atoms with E-state index in [1.807, 2.05) is 0 Å². The molecule has 1 aromatic rings. The minimum atomic E-state index is -2.36. The molecule has 0 bridgehead atoms. The standard InChI is InChI=1S/C11H10F2O3/c1-2-16-11(15)9(13)10(14)7-3-5-8(12)6-4-7/h3-6,9H,2H2,1H3. The van der Waals surface area contributed by atoms with Gasteiger partial charge in [-0.15, -0.1) is 0 Å². The van der Waals surface area contributed by atoms with Gasteiger partial charge < -0.3 is 4.74 Å². The summed E-state index contributed by atoms with van der Waals surface area (Å²) in [5, 5.41) is 0. The molecule has 0 radical (unpaired) electrons. The van der Waals surface area contributed by atoms with Gasteiger partial charge >= 0.3 is 5.97 Å². The summed E-state index contributed by atoms with van der Waals surface area (Å²) in [7, 11) is 0. The highest BCUT2D eigenvalue weighted by Gasteiger charge is 2.28. The molecule has 0 fully saturated rings. The van der Waals surface area contributed by atoms with Gasteiger partial charge in [-0.2, -0.15) is 0 Å². The number of hydrogen-bond acceptors (Lipinski definition) is 3. The zero-order valence-corrected chi connectivity index (χ0v) is 8.57. The zero-order chi connectivity index (χ0) is 12.1. The number of carbonyl (C=O) groups is 2. The monoisotopic (exact) mass is 228 g/mol. The third-order valence-corrected chi connectivity index (χ3v) is 1.85. The maximum Gasteiger partial charge on any atom is 0.348 e. The van der Waals surface area contributed by atoms with Crippen LogP contribution in [0, 0.1) is 5.82 Å². The first-order valence-electron chi connectivity index (χ1n) is 4.66. The molecule has 0 spiro atoms. The summed E-state index contributed by atoms with van der Waals surface area (Å²) in [6, 6.07) is 4.27. The molecule has 1 unspecified atom stereocenters. The molecule has 0 saturated carbocycles. The smallest absolute Gasteiger partial charge is 0.348 e. The van der Waals surface area contributed by atoms with Crippen molar-refractivity contribution in [3.63, 3.8) is 0 Å². The van der Waals surface area contributed by atoms with Gasteiger partial charge in [-0.05, 0) is 31.2 Å². The van der Waals surface area contributed by atoms with E-state index in [0.717, 1.165) is 24.3 Å². The van der Waals surface area contributed by atoms with Gasteiger partial charge in [0.2, 0.25) is 5.78 Å². The second-order valence-electron chi connectivity index (χ2n) is 2.99. The molecular weight excluding hydrogens is 218 g/mol. The largest absolute Gasteiger partial charge is 0.463 e. The van der Waals surface area contributed by atoms with Crippen LogP contribution in [-0.4, -0.2) is 24.5 Å². The number of benzene rings is 1. The van der Waals surface area contributed by atoms with Crippen LogP contribution in [0.3, 0.4) is 0 Å². The normalized spacial score (nSPS) is 11.9. The van der Waals surface area contributed by atoms with Gasteiger partial charge in [0.05, 0.1) is 6.61 Å². The van der Waals surface area contributed by atoms with Crippen LogP contribution in [0.1, 0.15) is 17.3 Å². The minimum Gasteiger partial charge on any atom is -0.463 e. The Hall–Kier alpha value is -1.78. The Morgan fingerprint density at radius 2 is 1.88 bits per heavy atom. The van der Waals surface area contributed by atoms with E-state index >= 15 is 0 Å². The highest BCUT2D eigenvalue weighted by molar-refractivity contribution is 6.10. The maximum atomic E-state index is 13.2. The summed E-state index contributed by atoms with van der Waals surface area (Å²) in [5.74, 6) is -2.79. The van der Waals surface area contributed by atoms with Crippen LogP contribution in [0.4, 0.5) is 8.78 Å². The molecule has 0 aromatic heterocycles. The lowest BCUT2D eigenvalue weighted by molar-refractivity contribution is -0.147. The SMILES string of the molecule is CCOC(=O)C(F)C(=O)c1ccc(F)cc1. The van der Waals surface area contributed by atoms with Crippen molar-refractivity contribution in [3.05, 3.63) is 35.6 Å². The summed E-state index contributed by atoms with van der Waals surface area (Å²) in [6.45, 7) is 1.50. The number of halogens is 2. The third kappa shape index (κ3) is 2.85. The van der Waals surface area contributed by atoms with E-state index in [1.54, 1.807) is 0 Å². The maximum absolute atomic E-state index is 13.2. The van der Waals surface area contributed by atoms with E-state index < -0.39 is 23.7 Å². The molecule has 0 N–H and O–H groups in total. The van der Waals surface area contributed by atoms with E-state index in [1.165, 1.54) is 6.92 Å². The minimum absolute atomic E-state index is 0.00402. The second-order valence-corrected chi connectivity index (χ2v) is 2.99. The summed E-state index contributed by atoms with van der Waals surface area (Å²) < 4.78 is 30.1. The Labute approximate surface area is 91.0 Å². The van der Waals surface area contributed by atoms with Crippen LogP contribution in [-0.2, 0) is 9.53 Å². The van der Waals surface area contributed by atoms with E-state index in [2.05, 4.69) is 4.74 Å². The average molecular weight is 228 g/mol. The highest BCUT2D eigenvalue weighted by Crippen LogP contribution is 2.09. The fraction of sp³-hybridized carbons (Fsp3) is 0.273. The van der Waals surface area contributed by atoms with E-state index in [-0.39, 0.29) is 12.2 Å². The third-order valence-electron chi connectivity index (χ3n) is 1.85. The van der Waals surface area contributed by atoms with E-state index in [9.17, 15) is 18.4 Å². The Balaban J connectivity index is 2.78. The van der Waals surface area contributed by atoms with Gasteiger partial charge in [0.15, 0.2) is 0 Å². The number of rotatable bonds is 4. The zero-order valence-electron chi connectivity index (χ0n) is 8.57. The van der Waals surface area contributed by atoms with Gasteiger partial charge in [-0.1, -0.05) is 0 Å². The quantitative estimate of drug-likeness (QED) is 0.449. The van der Waals surface area contributed by atoms with Crippen molar-refractivity contribution in [3.8, 4) is 0 Å². The van der Waals surface area contributed by atoms with Crippen LogP contribution in [0.2, 0.25) is 0 Å². The average Bonchev–Trinajstić information content (AvgIpc) is 2.28. The number of hydrogen-bond donors (Lipinski definition) is 0. The summed E-state index contributed by atoms with van der Waals surface area (Å²) in [4.78, 5) is 22.3. The fourth-order valence-electron chi connectivity index (χ4n) is 1.08. The first-order chi connectivity index (χ1) is 7.56. The highest BCUT2D eigenvalue weighted by atomic mass is 19.1. The molecule has 0 aliphatic heterocycles. The molecule has 3 nitrogen and oxygen atoms in total. The molecular formula is C11H10F2O3. The molecule has 0 amide bonds. The number of Topliss-reactive ketones (excluding diaryl/α,β-unsaturated/α-hetero) is 1. The molecule has 0 aliphatic carbocycles. The molecule has 16 heavy (non-hydrogen) atoms. The molecule has 1 rings (SSSR count). The van der Waals surface area contributed by atoms with Crippen molar-refractivity contribution in [2.45, 2.75) is 13.1 Å². The lowest BCUT2D eigenvalue weighted by Gasteiger charge is -2.06. The van der Waals surface area contributed by atoms with Crippen LogP contribution in [0.15, 0.2) is 24.3 Å². The molecule has 0 saturated heterocycles. The Bertz CT molecular complexity index is 387. The van der Waals surface area contributed by atoms with Gasteiger partial charge in [0, 0.05) is 5.56 Å². The summed E-state index contributed by atoms with van der Waals surface area (Å²) in [5.41, 5.74) is -0.0676. The van der Waals surface area contributed by atoms with Crippen molar-refractivity contribution in [1.29, 1.82) is 0 Å². The van der Waals surface area contributed by atoms with E-state index in [0.29, 0.717) is 0 Å². The Morgan fingerprint density at radius 1 is 1.31 bits per heavy atom. The lowest BCUT2D eigenvalue weighted by atomic mass is 10.1. The van der Waals surface area contributed by atoms with Crippen LogP contribution < -0.4 is 0 Å². The summed E-state index contributed by atoms with van der Waals surface area (Å²) in [6.07, 6.45) is -2.36. The van der Waals surface area contributed by atoms with Crippen molar-refractivity contribution >= 4 is 11.8 Å². The lowest BCUT2D eigenvalue weighted by Crippen LogP contribution is -2.27. The molecule has 1 aromatic carbocycles. The molecule has 86 valence electrons. The van der Waals surface area contributed by atoms with Gasteiger partial charge in [-0.3, -0.25) is 4.79 Å². The van der Waals surface area contributed by atoms with Crippen LogP contribution >= 0.6 is 0 Å². The Morgan fingerprint density at radius 3 is 2.38 bits per heavy atom. The van der Waals surface area contributed by atoms with Crippen molar-refractivity contribution < 1.29 is 23.1 Å². The second kappa shape index (κ2) is 5.34. The van der Waals surface area contributed by atoms with Crippen molar-refractivity contribution in [2.24, 2.45) is 0 Å². The predicted octanol–water partition coefficient (Wildman–Crippen LogP) is 1.91. The number of carbonyl (C=O) groups excluding carboxylic acids is 2. The summed E-state index contributed by atoms with van der Waals surface area (Å²) >= 11 is 0. The topological polar surface area (TPSA) is 43.4 Å². The van der Waals surface area contributed by atoms with Crippen LogP contribution in [0.25, 0.3) is 0 Å². The molecule has 5 heteroatoms. The first-order valence-corrected chi connectivity index (χ1v) is 4.66. The van der Waals surface area contributed by atoms with Gasteiger partial charge in [0.1, 0.15) is 5.82 Å². The van der Waals surface area contributed by atoms with E-state index in [4.69, 9.17) is 0 Å². The first kappa shape index (κ1) is 12.3. The van der Waals surface area contributed by atoms with Crippen molar-refractivity contribution in [2.75, 3.05) is 6.61 Å². The Kier molecular flexibility index (Phi) is 4.10. The molecule has 0 aliphatic rings. The molecule has 0 heterocycles. The van der Waals surface area contributed by atoms with Crippen molar-refractivity contribution in [1.82, 2.24) is 0 Å². The fourth-order valence-corrected chi connectivity index (χ4v) is 1.08. The van der Waals surface area contributed by atoms with Gasteiger partial charge in [0.25, 0.3) is 6.17 Å². The number of ether oxygens (including phenoxy) is 1. The number of esters is 1. The predicted molar refractivity (Wildman–Crippen MR) is 52.3 cm³/mol. The number of ketones is 1. The number of alkyl halides is 1. The molecule has 1 atom stereocenters.